The first kappa shape index (κ1) is 47.8. The molecule has 4 amide bonds. The molecule has 0 aliphatic carbocycles. The summed E-state index contributed by atoms with van der Waals surface area (Å²) in [5.74, 6) is -3.41. The molecule has 0 unspecified atom stereocenters. The maximum absolute atomic E-state index is 14.8. The van der Waals surface area contributed by atoms with E-state index in [1.54, 1.807) is 9.80 Å². The summed E-state index contributed by atoms with van der Waals surface area (Å²) < 4.78 is 61.3. The molecule has 18 heteroatoms. The van der Waals surface area contributed by atoms with Gasteiger partial charge in [0.05, 0.1) is 53.7 Å². The second-order valence-corrected chi connectivity index (χ2v) is 16.2. The number of halogens is 6. The number of likely N-dealkylation sites (tertiary alicyclic amines) is 2. The molecule has 2 saturated heterocycles. The molecule has 4 aromatic rings. The molecule has 0 aromatic heterocycles. The number of anilines is 2. The topological polar surface area (TPSA) is 123 Å². The summed E-state index contributed by atoms with van der Waals surface area (Å²) in [4.78, 5) is 60.3. The first-order valence-electron chi connectivity index (χ1n) is 19.7. The van der Waals surface area contributed by atoms with Crippen molar-refractivity contribution < 1.29 is 41.5 Å². The Bertz CT molecular complexity index is 2130. The van der Waals surface area contributed by atoms with Crippen LogP contribution in [0, 0.1) is 23.3 Å². The Morgan fingerprint density at radius 2 is 1.08 bits per heavy atom. The number of Topliss-reactive ketones (excluding diaryl/α,β-unsaturated/α-hetero) is 1. The number of carbonyl (C=O) groups is 4. The van der Waals surface area contributed by atoms with Crippen LogP contribution in [0.5, 0.6) is 0 Å². The third-order valence-corrected chi connectivity index (χ3v) is 11.5. The minimum Gasteiger partial charge on any atom is -0.465 e. The number of nitrogens with two attached hydrogens (primary N) is 1. The lowest BCUT2D eigenvalue weighted by atomic mass is 10.1. The van der Waals surface area contributed by atoms with Gasteiger partial charge in [-0.25, -0.2) is 31.9 Å². The van der Waals surface area contributed by atoms with Gasteiger partial charge in [-0.15, -0.1) is 0 Å². The van der Waals surface area contributed by atoms with E-state index in [1.807, 2.05) is 33.1 Å². The molecule has 0 bridgehead atoms. The number of rotatable bonds is 11. The zero-order valence-corrected chi connectivity index (χ0v) is 36.5. The summed E-state index contributed by atoms with van der Waals surface area (Å²) in [5, 5.41) is 0.0929. The second-order valence-electron chi connectivity index (χ2n) is 15.4. The van der Waals surface area contributed by atoms with Crippen LogP contribution in [-0.2, 0) is 17.8 Å². The van der Waals surface area contributed by atoms with Crippen LogP contribution in [0.25, 0.3) is 0 Å². The van der Waals surface area contributed by atoms with Gasteiger partial charge in [-0.2, -0.15) is 0 Å². The van der Waals surface area contributed by atoms with Crippen LogP contribution in [0.4, 0.5) is 38.5 Å². The lowest BCUT2D eigenvalue weighted by Crippen LogP contribution is -2.43. The number of carbonyl (C=O) groups excluding carboxylic acids is 4. The van der Waals surface area contributed by atoms with E-state index in [9.17, 15) is 36.7 Å². The van der Waals surface area contributed by atoms with E-state index < -0.39 is 29.2 Å². The molecule has 0 spiro atoms. The molecule has 332 valence electrons. The van der Waals surface area contributed by atoms with Crippen molar-refractivity contribution in [1.29, 1.82) is 0 Å². The van der Waals surface area contributed by atoms with Crippen molar-refractivity contribution in [2.24, 2.45) is 5.73 Å². The van der Waals surface area contributed by atoms with Crippen molar-refractivity contribution in [2.45, 2.75) is 38.0 Å². The second kappa shape index (κ2) is 21.2. The summed E-state index contributed by atoms with van der Waals surface area (Å²) in [7, 11) is 9.01. The SMILES string of the molecule is CN(C)[C@H]1CCN(C(=O)N(Cc2ccc(C(=O)CN)cc2F)c2ccc(F)cc2Cl)C1.COC(=O)c1ccc(CN(C(=O)N2CC[C@H](N(C)C)C2)c2ccc(F)cc2Cl)c(F)c1. The Morgan fingerprint density at radius 1 is 0.661 bits per heavy atom. The fraction of sp³-hybridized carbons (Fsp3) is 0.364. The number of ketones is 1. The van der Waals surface area contributed by atoms with Crippen LogP contribution in [0.1, 0.15) is 44.7 Å². The maximum atomic E-state index is 14.8. The number of hydrogen-bond donors (Lipinski definition) is 1. The first-order valence-corrected chi connectivity index (χ1v) is 20.4. The van der Waals surface area contributed by atoms with Crippen molar-refractivity contribution in [2.75, 3.05) is 77.8 Å². The normalized spacial score (nSPS) is 16.0. The maximum Gasteiger partial charge on any atom is 0.337 e. The van der Waals surface area contributed by atoms with Gasteiger partial charge in [0, 0.05) is 55.0 Å². The summed E-state index contributed by atoms with van der Waals surface area (Å²) in [6, 6.07) is 15.1. The Labute approximate surface area is 368 Å². The molecule has 12 nitrogen and oxygen atoms in total. The van der Waals surface area contributed by atoms with E-state index in [1.165, 1.54) is 65.4 Å². The predicted octanol–water partition coefficient (Wildman–Crippen LogP) is 7.69. The monoisotopic (exact) mass is 901 g/mol. The van der Waals surface area contributed by atoms with Crippen molar-refractivity contribution in [3.63, 3.8) is 0 Å². The third kappa shape index (κ3) is 11.6. The molecule has 4 aromatic carbocycles. The van der Waals surface area contributed by atoms with Gasteiger partial charge < -0.3 is 30.1 Å². The van der Waals surface area contributed by atoms with Crippen LogP contribution < -0.4 is 15.5 Å². The summed E-state index contributed by atoms with van der Waals surface area (Å²) in [6.45, 7) is 1.64. The Hall–Kier alpha value is -5.26. The summed E-state index contributed by atoms with van der Waals surface area (Å²) in [6.07, 6.45) is 1.62. The molecule has 0 saturated carbocycles. The predicted molar refractivity (Wildman–Crippen MR) is 231 cm³/mol. The van der Waals surface area contributed by atoms with Crippen LogP contribution in [0.15, 0.2) is 72.8 Å². The van der Waals surface area contributed by atoms with Crippen molar-refractivity contribution >= 4 is 58.4 Å². The van der Waals surface area contributed by atoms with Crippen LogP contribution in [0.3, 0.4) is 0 Å². The number of urea groups is 2. The van der Waals surface area contributed by atoms with E-state index >= 15 is 0 Å². The average Bonchev–Trinajstić information content (AvgIpc) is 3.95. The number of amides is 4. The third-order valence-electron chi connectivity index (χ3n) is 10.9. The standard InChI is InChI=1S/C22H25ClF2N4O2.C22H24ClF2N3O3/c1-27(2)17-7-8-28(13-17)22(31)29(20-6-5-16(24)10-18(20)23)12-15-4-3-14(9-19(15)25)21(30)11-26;1-26(2)17-8-9-27(13-17)22(30)28(20-7-6-16(24)11-18(20)23)12-15-5-4-14(10-19(15)25)21(29)31-3/h3-6,9-10,17H,7-8,11-13,26H2,1-2H3;4-7,10-11,17H,8-9,12-13H2,1-3H3/t2*17-/m00/s1. The average molecular weight is 903 g/mol. The molecule has 2 atom stereocenters. The van der Waals surface area contributed by atoms with E-state index in [2.05, 4.69) is 9.64 Å². The van der Waals surface area contributed by atoms with Crippen molar-refractivity contribution in [3.8, 4) is 0 Å². The van der Waals surface area contributed by atoms with E-state index in [0.717, 1.165) is 37.1 Å². The minimum atomic E-state index is -0.661. The first-order chi connectivity index (χ1) is 29.4. The Kier molecular flexibility index (Phi) is 16.3. The lowest BCUT2D eigenvalue weighted by molar-refractivity contribution is 0.0600. The van der Waals surface area contributed by atoms with Gasteiger partial charge in [-0.05, 0) is 95.6 Å². The molecule has 2 aliphatic heterocycles. The largest absolute Gasteiger partial charge is 0.465 e. The highest BCUT2D eigenvalue weighted by molar-refractivity contribution is 6.34. The molecular formula is C44H49Cl2F4N7O5. The van der Waals surface area contributed by atoms with Crippen LogP contribution in [0.2, 0.25) is 10.0 Å². The van der Waals surface area contributed by atoms with Gasteiger partial charge in [0.2, 0.25) is 0 Å². The van der Waals surface area contributed by atoms with Gasteiger partial charge in [0.15, 0.2) is 5.78 Å². The van der Waals surface area contributed by atoms with Gasteiger partial charge in [-0.1, -0.05) is 41.4 Å². The van der Waals surface area contributed by atoms with Crippen molar-refractivity contribution in [3.05, 3.63) is 128 Å². The fourth-order valence-electron chi connectivity index (χ4n) is 7.16. The molecule has 6 rings (SSSR count). The number of esters is 1. The van der Waals surface area contributed by atoms with E-state index in [-0.39, 0.29) is 93.2 Å². The van der Waals surface area contributed by atoms with Gasteiger partial charge in [-0.3, -0.25) is 14.6 Å². The van der Waals surface area contributed by atoms with E-state index in [0.29, 0.717) is 26.2 Å². The number of nitrogens with zero attached hydrogens (tertiary/aromatic N) is 6. The Morgan fingerprint density at radius 3 is 1.44 bits per heavy atom. The molecular weight excluding hydrogens is 853 g/mol. The smallest absolute Gasteiger partial charge is 0.337 e. The Balaban J connectivity index is 0.000000234. The van der Waals surface area contributed by atoms with Gasteiger partial charge in [0.1, 0.15) is 23.3 Å². The summed E-state index contributed by atoms with van der Waals surface area (Å²) in [5.41, 5.74) is 6.51. The van der Waals surface area contributed by atoms with E-state index in [4.69, 9.17) is 28.9 Å². The van der Waals surface area contributed by atoms with Crippen LogP contribution >= 0.6 is 23.2 Å². The van der Waals surface area contributed by atoms with Gasteiger partial charge in [0.25, 0.3) is 0 Å². The van der Waals surface area contributed by atoms with Gasteiger partial charge >= 0.3 is 18.0 Å². The minimum absolute atomic E-state index is 0.0447. The number of ether oxygens (including phenoxy) is 1. The molecule has 2 fully saturated rings. The number of methoxy groups -OCH3 is 1. The molecule has 2 aliphatic rings. The highest BCUT2D eigenvalue weighted by Gasteiger charge is 2.34. The lowest BCUT2D eigenvalue weighted by Gasteiger charge is -2.29. The zero-order valence-electron chi connectivity index (χ0n) is 35.0. The molecule has 2 heterocycles. The van der Waals surface area contributed by atoms with Crippen LogP contribution in [-0.4, -0.2) is 124 Å². The zero-order chi connectivity index (χ0) is 45.4. The number of hydrogen-bond acceptors (Lipinski definition) is 8. The number of likely N-dealkylation sites (N-methyl/N-ethyl adjacent to an activating group) is 2. The highest BCUT2D eigenvalue weighted by Crippen LogP contribution is 2.32. The molecule has 0 radical (unpaired) electrons. The van der Waals surface area contributed by atoms with Crippen molar-refractivity contribution in [1.82, 2.24) is 19.6 Å². The molecule has 62 heavy (non-hydrogen) atoms. The highest BCUT2D eigenvalue weighted by atomic mass is 35.5. The fourth-order valence-corrected chi connectivity index (χ4v) is 7.69. The summed E-state index contributed by atoms with van der Waals surface area (Å²) >= 11 is 12.5. The molecule has 2 N–H and O–H groups in total. The number of benzene rings is 4. The quantitative estimate of drug-likeness (QED) is 0.0925.